The Morgan fingerprint density at radius 2 is 2.12 bits per heavy atom. The first kappa shape index (κ1) is 12.8. The van der Waals surface area contributed by atoms with Gasteiger partial charge < -0.3 is 14.7 Å². The van der Waals surface area contributed by atoms with Gasteiger partial charge in [0.1, 0.15) is 0 Å². The van der Waals surface area contributed by atoms with Gasteiger partial charge in [-0.05, 0) is 33.1 Å². The molecule has 0 radical (unpaired) electrons. The van der Waals surface area contributed by atoms with E-state index in [0.717, 1.165) is 19.3 Å². The summed E-state index contributed by atoms with van der Waals surface area (Å²) in [6, 6.07) is -0.211. The molecular formula is C11H19NO4. The summed E-state index contributed by atoms with van der Waals surface area (Å²) in [6.45, 7) is 4.17. The van der Waals surface area contributed by atoms with Crippen LogP contribution < -0.4 is 0 Å². The van der Waals surface area contributed by atoms with Crippen LogP contribution in [0, 0.1) is 0 Å². The van der Waals surface area contributed by atoms with Crippen molar-refractivity contribution in [3.8, 4) is 0 Å². The van der Waals surface area contributed by atoms with E-state index in [0.29, 0.717) is 6.54 Å². The van der Waals surface area contributed by atoms with Gasteiger partial charge in [-0.3, -0.25) is 4.79 Å². The van der Waals surface area contributed by atoms with E-state index in [1.807, 2.05) is 0 Å². The lowest BCUT2D eigenvalue weighted by Gasteiger charge is -2.34. The van der Waals surface area contributed by atoms with Gasteiger partial charge in [-0.25, -0.2) is 4.79 Å². The lowest BCUT2D eigenvalue weighted by molar-refractivity contribution is -0.138. The van der Waals surface area contributed by atoms with Crippen molar-refractivity contribution in [1.82, 2.24) is 4.90 Å². The molecule has 1 saturated heterocycles. The zero-order chi connectivity index (χ0) is 12.1. The molecule has 0 saturated carbocycles. The van der Waals surface area contributed by atoms with Gasteiger partial charge in [0, 0.05) is 12.6 Å². The van der Waals surface area contributed by atoms with Crippen LogP contribution in [0.1, 0.15) is 39.5 Å². The second kappa shape index (κ2) is 5.72. The highest BCUT2D eigenvalue weighted by atomic mass is 16.6. The molecule has 92 valence electrons. The van der Waals surface area contributed by atoms with Crippen molar-refractivity contribution >= 4 is 12.1 Å². The SMILES string of the molecule is CC(C)OC(=O)N1CCCCC1CC(=O)O. The quantitative estimate of drug-likeness (QED) is 0.802. The molecular weight excluding hydrogens is 210 g/mol. The molecule has 0 bridgehead atoms. The molecule has 0 aromatic heterocycles. The third kappa shape index (κ3) is 3.72. The molecule has 5 nitrogen and oxygen atoms in total. The van der Waals surface area contributed by atoms with E-state index in [1.165, 1.54) is 0 Å². The minimum absolute atomic E-state index is 0.00714. The lowest BCUT2D eigenvalue weighted by Crippen LogP contribution is -2.45. The average molecular weight is 229 g/mol. The largest absolute Gasteiger partial charge is 0.481 e. The van der Waals surface area contributed by atoms with Crippen LogP contribution in [0.3, 0.4) is 0 Å². The fourth-order valence-corrected chi connectivity index (χ4v) is 1.92. The van der Waals surface area contributed by atoms with Crippen LogP contribution in [0.5, 0.6) is 0 Å². The number of carbonyl (C=O) groups excluding carboxylic acids is 1. The molecule has 1 amide bonds. The Kier molecular flexibility index (Phi) is 4.58. The monoisotopic (exact) mass is 229 g/mol. The van der Waals surface area contributed by atoms with E-state index in [9.17, 15) is 9.59 Å². The van der Waals surface area contributed by atoms with E-state index >= 15 is 0 Å². The molecule has 5 heteroatoms. The van der Waals surface area contributed by atoms with Crippen molar-refractivity contribution in [2.24, 2.45) is 0 Å². The maximum absolute atomic E-state index is 11.7. The maximum Gasteiger partial charge on any atom is 0.410 e. The number of ether oxygens (including phenoxy) is 1. The molecule has 1 heterocycles. The van der Waals surface area contributed by atoms with Gasteiger partial charge in [-0.1, -0.05) is 0 Å². The third-order valence-electron chi connectivity index (χ3n) is 2.61. The number of rotatable bonds is 3. The summed E-state index contributed by atoms with van der Waals surface area (Å²) in [6.07, 6.45) is 2.10. The van der Waals surface area contributed by atoms with Gasteiger partial charge in [0.05, 0.1) is 12.5 Å². The van der Waals surface area contributed by atoms with Crippen molar-refractivity contribution in [3.05, 3.63) is 0 Å². The van der Waals surface area contributed by atoms with Gasteiger partial charge in [0.15, 0.2) is 0 Å². The standard InChI is InChI=1S/C11H19NO4/c1-8(2)16-11(15)12-6-4-3-5-9(12)7-10(13)14/h8-9H,3-7H2,1-2H3,(H,13,14). The van der Waals surface area contributed by atoms with E-state index in [1.54, 1.807) is 18.7 Å². The number of piperidine rings is 1. The Bertz CT molecular complexity index is 265. The lowest BCUT2D eigenvalue weighted by atomic mass is 10.00. The van der Waals surface area contributed by atoms with Gasteiger partial charge in [0.2, 0.25) is 0 Å². The van der Waals surface area contributed by atoms with Crippen LogP contribution >= 0.6 is 0 Å². The molecule has 1 unspecified atom stereocenters. The van der Waals surface area contributed by atoms with Gasteiger partial charge >= 0.3 is 12.1 Å². The van der Waals surface area contributed by atoms with Gasteiger partial charge in [-0.15, -0.1) is 0 Å². The summed E-state index contributed by atoms with van der Waals surface area (Å²) < 4.78 is 5.10. The summed E-state index contributed by atoms with van der Waals surface area (Å²) >= 11 is 0. The minimum atomic E-state index is -0.866. The fraction of sp³-hybridized carbons (Fsp3) is 0.818. The fourth-order valence-electron chi connectivity index (χ4n) is 1.92. The Hall–Kier alpha value is -1.26. The Labute approximate surface area is 95.4 Å². The summed E-state index contributed by atoms with van der Waals surface area (Å²) in [4.78, 5) is 23.9. The molecule has 1 aliphatic rings. The molecule has 16 heavy (non-hydrogen) atoms. The van der Waals surface area contributed by atoms with Crippen LogP contribution in [-0.4, -0.2) is 40.8 Å². The maximum atomic E-state index is 11.7. The van der Waals surface area contributed by atoms with Crippen molar-refractivity contribution in [2.45, 2.75) is 51.7 Å². The van der Waals surface area contributed by atoms with E-state index in [2.05, 4.69) is 0 Å². The van der Waals surface area contributed by atoms with Gasteiger partial charge in [-0.2, -0.15) is 0 Å². The number of likely N-dealkylation sites (tertiary alicyclic amines) is 1. The van der Waals surface area contributed by atoms with Crippen LogP contribution in [-0.2, 0) is 9.53 Å². The molecule has 0 aromatic rings. The zero-order valence-electron chi connectivity index (χ0n) is 9.81. The first-order valence-electron chi connectivity index (χ1n) is 5.69. The summed E-state index contributed by atoms with van der Waals surface area (Å²) in [5.41, 5.74) is 0. The number of nitrogens with zero attached hydrogens (tertiary/aromatic N) is 1. The van der Waals surface area contributed by atoms with Crippen molar-refractivity contribution in [3.63, 3.8) is 0 Å². The molecule has 1 aliphatic heterocycles. The zero-order valence-corrected chi connectivity index (χ0v) is 9.81. The number of carboxylic acid groups (broad SMARTS) is 1. The number of hydrogen-bond acceptors (Lipinski definition) is 3. The van der Waals surface area contributed by atoms with Crippen LogP contribution in [0.4, 0.5) is 4.79 Å². The highest BCUT2D eigenvalue weighted by molar-refractivity contribution is 5.71. The van der Waals surface area contributed by atoms with Crippen molar-refractivity contribution in [1.29, 1.82) is 0 Å². The molecule has 1 fully saturated rings. The van der Waals surface area contributed by atoms with E-state index in [4.69, 9.17) is 9.84 Å². The Morgan fingerprint density at radius 3 is 2.69 bits per heavy atom. The molecule has 0 spiro atoms. The summed E-state index contributed by atoms with van der Waals surface area (Å²) in [5, 5.41) is 8.77. The molecule has 1 rings (SSSR count). The normalized spacial score (nSPS) is 20.9. The molecule has 0 aliphatic carbocycles. The van der Waals surface area contributed by atoms with Crippen LogP contribution in [0.25, 0.3) is 0 Å². The van der Waals surface area contributed by atoms with Crippen LogP contribution in [0.2, 0.25) is 0 Å². The summed E-state index contributed by atoms with van der Waals surface area (Å²) in [5.74, 6) is -0.866. The van der Waals surface area contributed by atoms with Crippen molar-refractivity contribution < 1.29 is 19.4 Å². The third-order valence-corrected chi connectivity index (χ3v) is 2.61. The molecule has 1 atom stereocenters. The second-order valence-electron chi connectivity index (χ2n) is 4.37. The smallest absolute Gasteiger partial charge is 0.410 e. The van der Waals surface area contributed by atoms with E-state index < -0.39 is 5.97 Å². The van der Waals surface area contributed by atoms with Gasteiger partial charge in [0.25, 0.3) is 0 Å². The minimum Gasteiger partial charge on any atom is -0.481 e. The number of carbonyl (C=O) groups is 2. The molecule has 0 aromatic carbocycles. The Morgan fingerprint density at radius 1 is 1.44 bits per heavy atom. The summed E-state index contributed by atoms with van der Waals surface area (Å²) in [7, 11) is 0. The first-order chi connectivity index (χ1) is 7.50. The highest BCUT2D eigenvalue weighted by Crippen LogP contribution is 2.20. The van der Waals surface area contributed by atoms with Crippen molar-refractivity contribution in [2.75, 3.05) is 6.54 Å². The predicted octanol–water partition coefficient (Wildman–Crippen LogP) is 1.86. The highest BCUT2D eigenvalue weighted by Gasteiger charge is 2.29. The molecule has 1 N–H and O–H groups in total. The number of amides is 1. The number of aliphatic carboxylic acids is 1. The number of hydrogen-bond donors (Lipinski definition) is 1. The van der Waals surface area contributed by atoms with E-state index in [-0.39, 0.29) is 24.7 Å². The van der Waals surface area contributed by atoms with Crippen LogP contribution in [0.15, 0.2) is 0 Å². The topological polar surface area (TPSA) is 66.8 Å². The average Bonchev–Trinajstić information content (AvgIpc) is 2.16. The second-order valence-corrected chi connectivity index (χ2v) is 4.37. The Balaban J connectivity index is 2.58. The first-order valence-corrected chi connectivity index (χ1v) is 5.69. The predicted molar refractivity (Wildman–Crippen MR) is 58.2 cm³/mol. The number of carboxylic acids is 1.